The summed E-state index contributed by atoms with van der Waals surface area (Å²) in [6, 6.07) is 8.19. The molecule has 1 aromatic rings. The number of nitrogens with zero attached hydrogens (tertiary/aromatic N) is 2. The summed E-state index contributed by atoms with van der Waals surface area (Å²) < 4.78 is 0. The maximum Gasteiger partial charge on any atom is 0.244 e. The van der Waals surface area contributed by atoms with Crippen molar-refractivity contribution in [1.82, 2.24) is 4.90 Å². The van der Waals surface area contributed by atoms with E-state index in [9.17, 15) is 9.90 Å². The second-order valence-corrected chi connectivity index (χ2v) is 6.25. The Bertz CT molecular complexity index is 492. The van der Waals surface area contributed by atoms with Crippen LogP contribution in [0.1, 0.15) is 31.2 Å². The van der Waals surface area contributed by atoms with E-state index in [1.54, 1.807) is 0 Å². The first-order valence-corrected chi connectivity index (χ1v) is 7.95. The number of rotatable bonds is 2. The number of anilines is 1. The number of aryl methyl sites for hydroxylation is 1. The molecule has 2 aliphatic heterocycles. The minimum Gasteiger partial charge on any atom is -0.393 e. The number of carbonyl (C=O) groups is 1. The number of aliphatic hydroxyl groups excluding tert-OH is 1. The molecule has 0 bridgehead atoms. The van der Waals surface area contributed by atoms with Crippen molar-refractivity contribution in [3.63, 3.8) is 0 Å². The summed E-state index contributed by atoms with van der Waals surface area (Å²) in [5.41, 5.74) is 2.22. The number of benzene rings is 1. The number of carbonyl (C=O) groups excluding carboxylic acids is 1. The third-order valence-electron chi connectivity index (χ3n) is 4.70. The van der Waals surface area contributed by atoms with E-state index in [0.29, 0.717) is 0 Å². The Morgan fingerprint density at radius 1 is 1.05 bits per heavy atom. The van der Waals surface area contributed by atoms with Crippen molar-refractivity contribution < 1.29 is 9.90 Å². The standard InChI is InChI=1S/C17H24N2O2/c1-13-4-6-14(7-5-13)19-10-2-3-16(17(19)21)18-11-8-15(20)9-12-18/h4-7,15-16,20H,2-3,8-12H2,1H3. The van der Waals surface area contributed by atoms with Gasteiger partial charge in [-0.05, 0) is 44.7 Å². The molecule has 114 valence electrons. The molecular formula is C17H24N2O2. The monoisotopic (exact) mass is 288 g/mol. The Balaban J connectivity index is 1.73. The van der Waals surface area contributed by atoms with Gasteiger partial charge in [-0.2, -0.15) is 0 Å². The van der Waals surface area contributed by atoms with Gasteiger partial charge in [0.15, 0.2) is 0 Å². The summed E-state index contributed by atoms with van der Waals surface area (Å²) in [5, 5.41) is 9.63. The van der Waals surface area contributed by atoms with E-state index in [1.165, 1.54) is 5.56 Å². The molecule has 0 spiro atoms. The molecular weight excluding hydrogens is 264 g/mol. The van der Waals surface area contributed by atoms with Crippen LogP contribution in [0.5, 0.6) is 0 Å². The molecule has 2 fully saturated rings. The molecule has 4 heteroatoms. The van der Waals surface area contributed by atoms with Gasteiger partial charge in [0.2, 0.25) is 5.91 Å². The van der Waals surface area contributed by atoms with Crippen LogP contribution in [0.25, 0.3) is 0 Å². The molecule has 0 aromatic heterocycles. The highest BCUT2D eigenvalue weighted by molar-refractivity contribution is 5.97. The zero-order valence-corrected chi connectivity index (χ0v) is 12.7. The smallest absolute Gasteiger partial charge is 0.244 e. The van der Waals surface area contributed by atoms with Crippen LogP contribution in [-0.2, 0) is 4.79 Å². The predicted octanol–water partition coefficient (Wildman–Crippen LogP) is 1.95. The molecule has 21 heavy (non-hydrogen) atoms. The highest BCUT2D eigenvalue weighted by Gasteiger charge is 2.35. The lowest BCUT2D eigenvalue weighted by Crippen LogP contribution is -2.54. The lowest BCUT2D eigenvalue weighted by atomic mass is 9.98. The van der Waals surface area contributed by atoms with Crippen LogP contribution in [0.4, 0.5) is 5.69 Å². The first kappa shape index (κ1) is 14.5. The van der Waals surface area contributed by atoms with Crippen LogP contribution in [0.15, 0.2) is 24.3 Å². The molecule has 2 saturated heterocycles. The van der Waals surface area contributed by atoms with Gasteiger partial charge in [0.1, 0.15) is 0 Å². The summed E-state index contributed by atoms with van der Waals surface area (Å²) >= 11 is 0. The molecule has 2 heterocycles. The first-order chi connectivity index (χ1) is 10.1. The number of aliphatic hydroxyl groups is 1. The molecule has 0 aliphatic carbocycles. The largest absolute Gasteiger partial charge is 0.393 e. The summed E-state index contributed by atoms with van der Waals surface area (Å²) in [4.78, 5) is 17.0. The van der Waals surface area contributed by atoms with E-state index < -0.39 is 0 Å². The number of hydrogen-bond donors (Lipinski definition) is 1. The van der Waals surface area contributed by atoms with Gasteiger partial charge in [-0.15, -0.1) is 0 Å². The van der Waals surface area contributed by atoms with Gasteiger partial charge < -0.3 is 10.0 Å². The van der Waals surface area contributed by atoms with Crippen molar-refractivity contribution in [3.05, 3.63) is 29.8 Å². The van der Waals surface area contributed by atoms with Crippen LogP contribution in [0, 0.1) is 6.92 Å². The van der Waals surface area contributed by atoms with Crippen LogP contribution in [0.3, 0.4) is 0 Å². The van der Waals surface area contributed by atoms with Gasteiger partial charge in [-0.1, -0.05) is 17.7 Å². The molecule has 1 amide bonds. The molecule has 1 N–H and O–H groups in total. The van der Waals surface area contributed by atoms with Gasteiger partial charge in [0.25, 0.3) is 0 Å². The fourth-order valence-corrected chi connectivity index (χ4v) is 3.37. The summed E-state index contributed by atoms with van der Waals surface area (Å²) in [6.07, 6.45) is 3.37. The number of piperidine rings is 2. The van der Waals surface area contributed by atoms with Gasteiger partial charge in [0, 0.05) is 25.3 Å². The van der Waals surface area contributed by atoms with Crippen LogP contribution >= 0.6 is 0 Å². The van der Waals surface area contributed by atoms with E-state index in [1.807, 2.05) is 17.0 Å². The Morgan fingerprint density at radius 2 is 1.71 bits per heavy atom. The average Bonchev–Trinajstić information content (AvgIpc) is 2.50. The maximum absolute atomic E-state index is 12.8. The fraction of sp³-hybridized carbons (Fsp3) is 0.588. The van der Waals surface area contributed by atoms with E-state index in [4.69, 9.17) is 0 Å². The summed E-state index contributed by atoms with van der Waals surface area (Å²) in [5.74, 6) is 0.224. The fourth-order valence-electron chi connectivity index (χ4n) is 3.37. The third kappa shape index (κ3) is 3.11. The lowest BCUT2D eigenvalue weighted by Gasteiger charge is -2.40. The van der Waals surface area contributed by atoms with E-state index in [2.05, 4.69) is 24.0 Å². The Hall–Kier alpha value is -1.39. The quantitative estimate of drug-likeness (QED) is 0.904. The Labute approximate surface area is 126 Å². The molecule has 4 nitrogen and oxygen atoms in total. The lowest BCUT2D eigenvalue weighted by molar-refractivity contribution is -0.126. The van der Waals surface area contributed by atoms with Crippen molar-refractivity contribution in [3.8, 4) is 0 Å². The highest BCUT2D eigenvalue weighted by atomic mass is 16.3. The highest BCUT2D eigenvalue weighted by Crippen LogP contribution is 2.26. The SMILES string of the molecule is Cc1ccc(N2CCCC(N3CCC(O)CC3)C2=O)cc1. The summed E-state index contributed by atoms with van der Waals surface area (Å²) in [7, 11) is 0. The third-order valence-corrected chi connectivity index (χ3v) is 4.70. The van der Waals surface area contributed by atoms with Gasteiger partial charge in [-0.25, -0.2) is 0 Å². The summed E-state index contributed by atoms with van der Waals surface area (Å²) in [6.45, 7) is 4.54. The van der Waals surface area contributed by atoms with Crippen molar-refractivity contribution in [2.45, 2.75) is 44.8 Å². The number of amides is 1. The minimum absolute atomic E-state index is 0.00690. The molecule has 0 radical (unpaired) electrons. The van der Waals surface area contributed by atoms with Gasteiger partial charge in [-0.3, -0.25) is 9.69 Å². The molecule has 1 unspecified atom stereocenters. The van der Waals surface area contributed by atoms with Crippen molar-refractivity contribution in [2.75, 3.05) is 24.5 Å². The predicted molar refractivity (Wildman–Crippen MR) is 83.4 cm³/mol. The maximum atomic E-state index is 12.8. The zero-order valence-electron chi connectivity index (χ0n) is 12.7. The van der Waals surface area contributed by atoms with Crippen molar-refractivity contribution in [2.24, 2.45) is 0 Å². The van der Waals surface area contributed by atoms with Crippen LogP contribution in [-0.4, -0.2) is 47.7 Å². The van der Waals surface area contributed by atoms with Gasteiger partial charge in [0.05, 0.1) is 12.1 Å². The average molecular weight is 288 g/mol. The first-order valence-electron chi connectivity index (χ1n) is 7.95. The molecule has 0 saturated carbocycles. The van der Waals surface area contributed by atoms with E-state index in [-0.39, 0.29) is 18.1 Å². The number of likely N-dealkylation sites (tertiary alicyclic amines) is 1. The molecule has 3 rings (SSSR count). The Kier molecular flexibility index (Phi) is 4.27. The van der Waals surface area contributed by atoms with Crippen LogP contribution < -0.4 is 4.90 Å². The molecule has 1 aromatic carbocycles. The zero-order chi connectivity index (χ0) is 14.8. The minimum atomic E-state index is -0.187. The van der Waals surface area contributed by atoms with Crippen molar-refractivity contribution >= 4 is 11.6 Å². The van der Waals surface area contributed by atoms with Crippen molar-refractivity contribution in [1.29, 1.82) is 0 Å². The normalized spacial score (nSPS) is 25.3. The second kappa shape index (κ2) is 6.16. The van der Waals surface area contributed by atoms with Gasteiger partial charge >= 0.3 is 0 Å². The molecule has 1 atom stereocenters. The molecule has 2 aliphatic rings. The Morgan fingerprint density at radius 3 is 2.38 bits per heavy atom. The van der Waals surface area contributed by atoms with E-state index in [0.717, 1.165) is 51.0 Å². The topological polar surface area (TPSA) is 43.8 Å². The van der Waals surface area contributed by atoms with E-state index >= 15 is 0 Å². The number of hydrogen-bond acceptors (Lipinski definition) is 3. The second-order valence-electron chi connectivity index (χ2n) is 6.25. The van der Waals surface area contributed by atoms with Crippen LogP contribution in [0.2, 0.25) is 0 Å².